The number of carbonyl (C=O) groups excluding carboxylic acids is 1. The third-order valence-electron chi connectivity index (χ3n) is 5.10. The van der Waals surface area contributed by atoms with Crippen molar-refractivity contribution in [3.63, 3.8) is 0 Å². The first-order chi connectivity index (χ1) is 12.3. The molecule has 0 atom stereocenters. The topological polar surface area (TPSA) is 50.4 Å². The summed E-state index contributed by atoms with van der Waals surface area (Å²) in [6.07, 6.45) is 6.34. The largest absolute Gasteiger partial charge is 0.381 e. The van der Waals surface area contributed by atoms with Crippen molar-refractivity contribution < 1.29 is 9.53 Å². The summed E-state index contributed by atoms with van der Waals surface area (Å²) in [6.45, 7) is 3.98. The Balaban J connectivity index is 1.41. The summed E-state index contributed by atoms with van der Waals surface area (Å²) in [5, 5.41) is 7.16. The van der Waals surface area contributed by atoms with Gasteiger partial charge in [0.15, 0.2) is 0 Å². The van der Waals surface area contributed by atoms with E-state index < -0.39 is 0 Å². The minimum absolute atomic E-state index is 0.146. The maximum Gasteiger partial charge on any atom is 0.224 e. The number of nitrogens with one attached hydrogen (secondary N) is 2. The highest BCUT2D eigenvalue weighted by Gasteiger charge is 2.15. The third-order valence-corrected chi connectivity index (χ3v) is 6.55. The van der Waals surface area contributed by atoms with Gasteiger partial charge in [-0.3, -0.25) is 4.79 Å². The fraction of sp³-hybridized carbons (Fsp3) is 0.650. The lowest BCUT2D eigenvalue weighted by Crippen LogP contribution is -2.28. The van der Waals surface area contributed by atoms with Gasteiger partial charge in [0.25, 0.3) is 0 Å². The molecule has 138 valence electrons. The molecule has 0 saturated carbocycles. The number of ether oxygens (including phenoxy) is 1. The van der Waals surface area contributed by atoms with Crippen LogP contribution in [-0.2, 0) is 15.3 Å². The van der Waals surface area contributed by atoms with E-state index >= 15 is 0 Å². The van der Waals surface area contributed by atoms with E-state index in [0.717, 1.165) is 57.0 Å². The molecule has 25 heavy (non-hydrogen) atoms. The first-order valence-corrected chi connectivity index (χ1v) is 10.6. The zero-order valence-corrected chi connectivity index (χ0v) is 15.8. The van der Waals surface area contributed by atoms with Crippen LogP contribution in [0.3, 0.4) is 0 Å². The van der Waals surface area contributed by atoms with Crippen LogP contribution >= 0.6 is 11.8 Å². The summed E-state index contributed by atoms with van der Waals surface area (Å²) >= 11 is 2.01. The van der Waals surface area contributed by atoms with Gasteiger partial charge in [0, 0.05) is 36.3 Å². The van der Waals surface area contributed by atoms with Crippen LogP contribution in [0.1, 0.15) is 44.1 Å². The Morgan fingerprint density at radius 2 is 2.00 bits per heavy atom. The number of thioether (sulfide) groups is 1. The lowest BCUT2D eigenvalue weighted by atomic mass is 9.93. The molecular weight excluding hydrogens is 332 g/mol. The molecule has 0 radical (unpaired) electrons. The van der Waals surface area contributed by atoms with Crippen LogP contribution in [0.15, 0.2) is 24.3 Å². The maximum atomic E-state index is 12.2. The van der Waals surface area contributed by atoms with Crippen LogP contribution in [0.2, 0.25) is 0 Å². The van der Waals surface area contributed by atoms with Crippen molar-refractivity contribution in [3.05, 3.63) is 29.8 Å². The number of benzene rings is 1. The standard InChI is InChI=1S/C20H30N2O2S/c23-20(5-4-16-6-10-21-11-7-16)22-18-3-1-2-17(14-18)15-25-19-8-12-24-13-9-19/h1-3,14,16,19,21H,4-13,15H2,(H,22,23). The highest BCUT2D eigenvalue weighted by molar-refractivity contribution is 7.99. The number of amides is 1. The smallest absolute Gasteiger partial charge is 0.224 e. The average Bonchev–Trinajstić information content (AvgIpc) is 2.67. The number of piperidine rings is 1. The number of anilines is 1. The molecule has 2 aliphatic rings. The molecule has 0 spiro atoms. The van der Waals surface area contributed by atoms with Gasteiger partial charge in [0.1, 0.15) is 0 Å². The van der Waals surface area contributed by atoms with Gasteiger partial charge < -0.3 is 15.4 Å². The molecule has 5 heteroatoms. The molecule has 3 rings (SSSR count). The molecule has 1 aromatic rings. The van der Waals surface area contributed by atoms with Crippen LogP contribution in [0.4, 0.5) is 5.69 Å². The van der Waals surface area contributed by atoms with Gasteiger partial charge in [-0.25, -0.2) is 0 Å². The van der Waals surface area contributed by atoms with Crippen LogP contribution in [0.5, 0.6) is 0 Å². The molecule has 1 aromatic carbocycles. The summed E-state index contributed by atoms with van der Waals surface area (Å²) in [4.78, 5) is 12.2. The Labute approximate surface area is 155 Å². The fourth-order valence-corrected chi connectivity index (χ4v) is 4.66. The van der Waals surface area contributed by atoms with E-state index in [2.05, 4.69) is 22.8 Å². The van der Waals surface area contributed by atoms with Gasteiger partial charge in [-0.15, -0.1) is 0 Å². The Hall–Kier alpha value is -1.04. The zero-order valence-electron chi connectivity index (χ0n) is 15.0. The fourth-order valence-electron chi connectivity index (χ4n) is 3.52. The summed E-state index contributed by atoms with van der Waals surface area (Å²) in [7, 11) is 0. The third kappa shape index (κ3) is 6.65. The normalized spacial score (nSPS) is 19.7. The summed E-state index contributed by atoms with van der Waals surface area (Å²) in [5.74, 6) is 1.85. The second kappa shape index (κ2) is 10.2. The van der Waals surface area contributed by atoms with Crippen molar-refractivity contribution in [2.24, 2.45) is 5.92 Å². The van der Waals surface area contributed by atoms with E-state index in [1.54, 1.807) is 0 Å². The molecule has 2 saturated heterocycles. The van der Waals surface area contributed by atoms with Crippen LogP contribution in [-0.4, -0.2) is 37.5 Å². The predicted molar refractivity (Wildman–Crippen MR) is 105 cm³/mol. The van der Waals surface area contributed by atoms with E-state index in [-0.39, 0.29) is 5.91 Å². The summed E-state index contributed by atoms with van der Waals surface area (Å²) < 4.78 is 5.42. The molecule has 2 fully saturated rings. The zero-order chi connectivity index (χ0) is 17.3. The highest BCUT2D eigenvalue weighted by Crippen LogP contribution is 2.26. The lowest BCUT2D eigenvalue weighted by Gasteiger charge is -2.22. The molecule has 2 heterocycles. The molecule has 0 bridgehead atoms. The first kappa shape index (κ1) is 18.7. The van der Waals surface area contributed by atoms with Crippen molar-refractivity contribution in [2.75, 3.05) is 31.6 Å². The van der Waals surface area contributed by atoms with Gasteiger partial charge >= 0.3 is 0 Å². The number of rotatable bonds is 7. The van der Waals surface area contributed by atoms with Crippen molar-refractivity contribution in [1.82, 2.24) is 5.32 Å². The van der Waals surface area contributed by atoms with Gasteiger partial charge in [0.05, 0.1) is 0 Å². The monoisotopic (exact) mass is 362 g/mol. The van der Waals surface area contributed by atoms with Gasteiger partial charge in [-0.05, 0) is 68.8 Å². The van der Waals surface area contributed by atoms with Gasteiger partial charge in [0.2, 0.25) is 5.91 Å². The van der Waals surface area contributed by atoms with Crippen molar-refractivity contribution in [1.29, 1.82) is 0 Å². The molecule has 2 N–H and O–H groups in total. The first-order valence-electron chi connectivity index (χ1n) is 9.58. The highest BCUT2D eigenvalue weighted by atomic mass is 32.2. The maximum absolute atomic E-state index is 12.2. The molecule has 2 aliphatic heterocycles. The SMILES string of the molecule is O=C(CCC1CCNCC1)Nc1cccc(CSC2CCOCC2)c1. The molecule has 4 nitrogen and oxygen atoms in total. The van der Waals surface area contributed by atoms with E-state index in [0.29, 0.717) is 17.6 Å². The van der Waals surface area contributed by atoms with E-state index in [1.807, 2.05) is 23.9 Å². The Morgan fingerprint density at radius 3 is 2.80 bits per heavy atom. The van der Waals surface area contributed by atoms with Crippen molar-refractivity contribution in [2.45, 2.75) is 49.5 Å². The summed E-state index contributed by atoms with van der Waals surface area (Å²) in [6, 6.07) is 8.30. The Bertz CT molecular complexity index is 540. The second-order valence-electron chi connectivity index (χ2n) is 7.10. The molecule has 0 aliphatic carbocycles. The van der Waals surface area contributed by atoms with Gasteiger partial charge in [-0.2, -0.15) is 11.8 Å². The molecule has 0 unspecified atom stereocenters. The Morgan fingerprint density at radius 1 is 1.20 bits per heavy atom. The number of hydrogen-bond donors (Lipinski definition) is 2. The predicted octanol–water partition coefficient (Wildman–Crippen LogP) is 3.82. The minimum Gasteiger partial charge on any atom is -0.381 e. The number of carbonyl (C=O) groups is 1. The van der Waals surface area contributed by atoms with E-state index in [9.17, 15) is 4.79 Å². The van der Waals surface area contributed by atoms with E-state index in [4.69, 9.17) is 4.74 Å². The quantitative estimate of drug-likeness (QED) is 0.774. The number of hydrogen-bond acceptors (Lipinski definition) is 4. The molecule has 1 amide bonds. The van der Waals surface area contributed by atoms with Crippen LogP contribution in [0.25, 0.3) is 0 Å². The van der Waals surface area contributed by atoms with Crippen molar-refractivity contribution >= 4 is 23.4 Å². The molecule has 0 aromatic heterocycles. The van der Waals surface area contributed by atoms with Crippen LogP contribution < -0.4 is 10.6 Å². The average molecular weight is 363 g/mol. The lowest BCUT2D eigenvalue weighted by molar-refractivity contribution is -0.116. The molecular formula is C20H30N2O2S. The van der Waals surface area contributed by atoms with E-state index in [1.165, 1.54) is 18.4 Å². The van der Waals surface area contributed by atoms with Gasteiger partial charge in [-0.1, -0.05) is 12.1 Å². The van der Waals surface area contributed by atoms with Crippen LogP contribution in [0, 0.1) is 5.92 Å². The Kier molecular flexibility index (Phi) is 7.64. The minimum atomic E-state index is 0.146. The second-order valence-corrected chi connectivity index (χ2v) is 8.39. The van der Waals surface area contributed by atoms with Crippen molar-refractivity contribution in [3.8, 4) is 0 Å². The summed E-state index contributed by atoms with van der Waals surface area (Å²) in [5.41, 5.74) is 2.22.